The lowest BCUT2D eigenvalue weighted by Crippen LogP contribution is -2.26. The maximum absolute atomic E-state index is 13.0. The van der Waals surface area contributed by atoms with Gasteiger partial charge in [-0.1, -0.05) is 11.6 Å². The zero-order chi connectivity index (χ0) is 23.0. The molecule has 0 radical (unpaired) electrons. The van der Waals surface area contributed by atoms with Gasteiger partial charge in [0.15, 0.2) is 5.69 Å². The van der Waals surface area contributed by atoms with Gasteiger partial charge in [-0.25, -0.2) is 4.79 Å². The number of carbonyl (C=O) groups is 3. The van der Waals surface area contributed by atoms with Gasteiger partial charge in [0.25, 0.3) is 5.91 Å². The van der Waals surface area contributed by atoms with Crippen LogP contribution in [0, 0.1) is 13.8 Å². The molecule has 0 spiro atoms. The molecule has 2 rings (SSSR count). The molecular formula is C17H18ClF3N4O4S. The minimum Gasteiger partial charge on any atom is -0.462 e. The fourth-order valence-electron chi connectivity index (χ4n) is 2.67. The van der Waals surface area contributed by atoms with Gasteiger partial charge in [0, 0.05) is 0 Å². The number of thiophene rings is 1. The third kappa shape index (κ3) is 4.43. The third-order valence-electron chi connectivity index (χ3n) is 4.18. The summed E-state index contributed by atoms with van der Waals surface area (Å²) in [5.74, 6) is -2.37. The zero-order valence-electron chi connectivity index (χ0n) is 16.3. The Morgan fingerprint density at radius 2 is 1.93 bits per heavy atom. The van der Waals surface area contributed by atoms with Crippen molar-refractivity contribution in [2.75, 3.05) is 11.9 Å². The Bertz CT molecular complexity index is 1020. The monoisotopic (exact) mass is 466 g/mol. The molecule has 1 atom stereocenters. The minimum atomic E-state index is -4.79. The van der Waals surface area contributed by atoms with Crippen molar-refractivity contribution in [3.05, 3.63) is 32.4 Å². The van der Waals surface area contributed by atoms with Gasteiger partial charge in [-0.2, -0.15) is 18.3 Å². The molecule has 2 heterocycles. The standard InChI is InChI=1S/C17H18ClF3N4O4S/c1-5-29-16(28)9-6(2)11(13(22)26)30-15(9)23-14(27)8(4)25-7(3)10(18)12(24-25)17(19,20)21/h8H,5H2,1-4H3,(H2,22,26)(H,23,27). The minimum absolute atomic E-state index is 0.0106. The number of rotatable bonds is 6. The van der Waals surface area contributed by atoms with E-state index in [1.54, 1.807) is 6.92 Å². The molecule has 13 heteroatoms. The van der Waals surface area contributed by atoms with E-state index in [1.165, 1.54) is 20.8 Å². The number of nitrogens with zero attached hydrogens (tertiary/aromatic N) is 2. The van der Waals surface area contributed by atoms with Crippen LogP contribution in [0.15, 0.2) is 0 Å². The molecule has 3 N–H and O–H groups in total. The number of nitrogens with two attached hydrogens (primary N) is 1. The number of hydrogen-bond donors (Lipinski definition) is 2. The van der Waals surface area contributed by atoms with Crippen LogP contribution in [0.3, 0.4) is 0 Å². The second-order valence-corrected chi connectivity index (χ2v) is 7.60. The quantitative estimate of drug-likeness (QED) is 0.629. The average molecular weight is 467 g/mol. The molecule has 0 saturated heterocycles. The molecule has 0 fully saturated rings. The second-order valence-electron chi connectivity index (χ2n) is 6.20. The van der Waals surface area contributed by atoms with E-state index in [0.29, 0.717) is 0 Å². The highest BCUT2D eigenvalue weighted by Gasteiger charge is 2.39. The molecule has 0 aliphatic rings. The summed E-state index contributed by atoms with van der Waals surface area (Å²) in [7, 11) is 0. The Balaban J connectivity index is 2.42. The molecule has 0 aliphatic heterocycles. The molecule has 0 aliphatic carbocycles. The van der Waals surface area contributed by atoms with Gasteiger partial charge >= 0.3 is 12.1 Å². The molecule has 0 saturated carbocycles. The molecule has 30 heavy (non-hydrogen) atoms. The highest BCUT2D eigenvalue weighted by molar-refractivity contribution is 7.18. The van der Waals surface area contributed by atoms with Crippen LogP contribution < -0.4 is 11.1 Å². The van der Waals surface area contributed by atoms with E-state index in [9.17, 15) is 27.6 Å². The molecular weight excluding hydrogens is 449 g/mol. The Kier molecular flexibility index (Phi) is 6.82. The van der Waals surface area contributed by atoms with E-state index in [1.807, 2.05) is 0 Å². The number of alkyl halides is 3. The average Bonchev–Trinajstić information content (AvgIpc) is 3.11. The molecule has 2 amide bonds. The fourth-order valence-corrected chi connectivity index (χ4v) is 3.95. The SMILES string of the molecule is CCOC(=O)c1c(NC(=O)C(C)n2nc(C(F)(F)F)c(Cl)c2C)sc(C(N)=O)c1C. The van der Waals surface area contributed by atoms with E-state index in [4.69, 9.17) is 22.1 Å². The molecule has 2 aromatic heterocycles. The molecule has 2 aromatic rings. The number of hydrogen-bond acceptors (Lipinski definition) is 6. The van der Waals surface area contributed by atoms with E-state index < -0.39 is 40.7 Å². The van der Waals surface area contributed by atoms with Gasteiger partial charge in [0.05, 0.1) is 27.8 Å². The molecule has 0 aromatic carbocycles. The first kappa shape index (κ1) is 23.7. The van der Waals surface area contributed by atoms with E-state index in [-0.39, 0.29) is 33.3 Å². The summed E-state index contributed by atoms with van der Waals surface area (Å²) in [5, 5.41) is 5.24. The van der Waals surface area contributed by atoms with Crippen LogP contribution >= 0.6 is 22.9 Å². The molecule has 0 bridgehead atoms. The van der Waals surface area contributed by atoms with Crippen molar-refractivity contribution in [2.45, 2.75) is 39.9 Å². The Labute approximate surface area is 178 Å². The Hall–Kier alpha value is -2.60. The molecule has 8 nitrogen and oxygen atoms in total. The number of esters is 1. The number of aromatic nitrogens is 2. The number of primary amides is 1. The number of carbonyl (C=O) groups excluding carboxylic acids is 3. The van der Waals surface area contributed by atoms with Gasteiger partial charge in [0.1, 0.15) is 11.0 Å². The van der Waals surface area contributed by atoms with Crippen molar-refractivity contribution in [3.63, 3.8) is 0 Å². The van der Waals surface area contributed by atoms with Crippen molar-refractivity contribution < 1.29 is 32.3 Å². The second kappa shape index (κ2) is 8.64. The third-order valence-corrected chi connectivity index (χ3v) is 5.85. The lowest BCUT2D eigenvalue weighted by Gasteiger charge is -2.14. The van der Waals surface area contributed by atoms with Gasteiger partial charge in [-0.05, 0) is 33.3 Å². The van der Waals surface area contributed by atoms with Crippen LogP contribution in [0.25, 0.3) is 0 Å². The maximum Gasteiger partial charge on any atom is 0.436 e. The number of nitrogens with one attached hydrogen (secondary N) is 1. The lowest BCUT2D eigenvalue weighted by molar-refractivity contribution is -0.141. The van der Waals surface area contributed by atoms with Crippen molar-refractivity contribution in [3.8, 4) is 0 Å². The van der Waals surface area contributed by atoms with E-state index in [0.717, 1.165) is 16.0 Å². The van der Waals surface area contributed by atoms with Crippen molar-refractivity contribution >= 4 is 45.7 Å². The smallest absolute Gasteiger partial charge is 0.436 e. The first-order valence-corrected chi connectivity index (χ1v) is 9.73. The van der Waals surface area contributed by atoms with Gasteiger partial charge in [0.2, 0.25) is 5.91 Å². The number of halogens is 4. The maximum atomic E-state index is 13.0. The first-order chi connectivity index (χ1) is 13.8. The van der Waals surface area contributed by atoms with E-state index >= 15 is 0 Å². The predicted molar refractivity (Wildman–Crippen MR) is 104 cm³/mol. The van der Waals surface area contributed by atoms with E-state index in [2.05, 4.69) is 10.4 Å². The number of anilines is 1. The van der Waals surface area contributed by atoms with Crippen LogP contribution in [-0.4, -0.2) is 34.2 Å². The van der Waals surface area contributed by atoms with Gasteiger partial charge in [-0.15, -0.1) is 11.3 Å². The molecule has 1 unspecified atom stereocenters. The summed E-state index contributed by atoms with van der Waals surface area (Å²) in [6.45, 7) is 5.70. The fraction of sp³-hybridized carbons (Fsp3) is 0.412. The van der Waals surface area contributed by atoms with Crippen LogP contribution in [-0.2, 0) is 15.7 Å². The van der Waals surface area contributed by atoms with Crippen LogP contribution in [0.2, 0.25) is 5.02 Å². The van der Waals surface area contributed by atoms with Crippen molar-refractivity contribution in [1.29, 1.82) is 0 Å². The summed E-state index contributed by atoms with van der Waals surface area (Å²) in [5.41, 5.74) is 4.11. The first-order valence-electron chi connectivity index (χ1n) is 8.54. The van der Waals surface area contributed by atoms with Crippen LogP contribution in [0.5, 0.6) is 0 Å². The van der Waals surface area contributed by atoms with Crippen LogP contribution in [0.4, 0.5) is 18.2 Å². The zero-order valence-corrected chi connectivity index (χ0v) is 17.9. The van der Waals surface area contributed by atoms with Crippen molar-refractivity contribution in [1.82, 2.24) is 9.78 Å². The summed E-state index contributed by atoms with van der Waals surface area (Å²) >= 11 is 6.49. The number of ether oxygens (including phenoxy) is 1. The largest absolute Gasteiger partial charge is 0.462 e. The number of amides is 2. The van der Waals surface area contributed by atoms with Gasteiger partial charge in [-0.3, -0.25) is 14.3 Å². The van der Waals surface area contributed by atoms with Gasteiger partial charge < -0.3 is 15.8 Å². The Morgan fingerprint density at radius 3 is 2.40 bits per heavy atom. The summed E-state index contributed by atoms with van der Waals surface area (Å²) < 4.78 is 44.9. The lowest BCUT2D eigenvalue weighted by atomic mass is 10.1. The summed E-state index contributed by atoms with van der Waals surface area (Å²) in [6.07, 6.45) is -4.79. The topological polar surface area (TPSA) is 116 Å². The van der Waals surface area contributed by atoms with Crippen molar-refractivity contribution in [2.24, 2.45) is 5.73 Å². The summed E-state index contributed by atoms with van der Waals surface area (Å²) in [6, 6.07) is -1.21. The molecule has 164 valence electrons. The van der Waals surface area contributed by atoms with Crippen LogP contribution in [0.1, 0.15) is 56.9 Å². The predicted octanol–water partition coefficient (Wildman–Crippen LogP) is 3.71. The highest BCUT2D eigenvalue weighted by Crippen LogP contribution is 2.37. The Morgan fingerprint density at radius 1 is 1.33 bits per heavy atom. The normalized spacial score (nSPS) is 12.5. The highest BCUT2D eigenvalue weighted by atomic mass is 35.5. The summed E-state index contributed by atoms with van der Waals surface area (Å²) in [4.78, 5) is 36.6.